The number of aliphatic hydroxyl groups is 1. The Morgan fingerprint density at radius 2 is 2.24 bits per heavy atom. The van der Waals surface area contributed by atoms with Gasteiger partial charge in [0.05, 0.1) is 18.8 Å². The van der Waals surface area contributed by atoms with Crippen LogP contribution in [0.2, 0.25) is 0 Å². The quantitative estimate of drug-likeness (QED) is 0.867. The first-order valence-corrected chi connectivity index (χ1v) is 6.33. The van der Waals surface area contributed by atoms with Crippen LogP contribution < -0.4 is 0 Å². The number of fused-ring (bicyclic) bond motifs is 1. The van der Waals surface area contributed by atoms with E-state index in [1.807, 2.05) is 18.2 Å². The normalized spacial score (nSPS) is 31.7. The summed E-state index contributed by atoms with van der Waals surface area (Å²) in [5.74, 6) is 0. The van der Waals surface area contributed by atoms with Crippen LogP contribution in [0, 0.1) is 0 Å². The van der Waals surface area contributed by atoms with E-state index >= 15 is 0 Å². The van der Waals surface area contributed by atoms with E-state index in [2.05, 4.69) is 6.07 Å². The minimum Gasteiger partial charge on any atom is -0.386 e. The second kappa shape index (κ2) is 4.77. The Hall–Kier alpha value is -0.900. The standard InChI is InChI=1S/C14H18O3/c15-14-12-6-2-1-4-10(12)8-13(14)17-9-11-5-3-7-16-11/h1-2,4,6,11,13-15H,3,5,7-9H2. The smallest absolute Gasteiger partial charge is 0.106 e. The van der Waals surface area contributed by atoms with Gasteiger partial charge in [0, 0.05) is 13.0 Å². The van der Waals surface area contributed by atoms with Crippen LogP contribution in [0.3, 0.4) is 0 Å². The average Bonchev–Trinajstić information content (AvgIpc) is 2.96. The third kappa shape index (κ3) is 2.23. The van der Waals surface area contributed by atoms with Gasteiger partial charge in [-0.05, 0) is 24.0 Å². The molecule has 0 saturated carbocycles. The molecule has 2 aliphatic rings. The van der Waals surface area contributed by atoms with Crippen molar-refractivity contribution in [2.75, 3.05) is 13.2 Å². The maximum Gasteiger partial charge on any atom is 0.106 e. The average molecular weight is 234 g/mol. The number of hydrogen-bond acceptors (Lipinski definition) is 3. The zero-order valence-corrected chi connectivity index (χ0v) is 9.84. The Balaban J connectivity index is 1.59. The van der Waals surface area contributed by atoms with Gasteiger partial charge >= 0.3 is 0 Å². The van der Waals surface area contributed by atoms with E-state index in [0.717, 1.165) is 31.4 Å². The largest absolute Gasteiger partial charge is 0.386 e. The van der Waals surface area contributed by atoms with Crippen molar-refractivity contribution < 1.29 is 14.6 Å². The van der Waals surface area contributed by atoms with Crippen molar-refractivity contribution in [3.63, 3.8) is 0 Å². The van der Waals surface area contributed by atoms with Gasteiger partial charge in [0.1, 0.15) is 6.10 Å². The van der Waals surface area contributed by atoms with Gasteiger partial charge in [0.25, 0.3) is 0 Å². The van der Waals surface area contributed by atoms with Crippen molar-refractivity contribution >= 4 is 0 Å². The van der Waals surface area contributed by atoms with Crippen LogP contribution in [0.25, 0.3) is 0 Å². The van der Waals surface area contributed by atoms with E-state index in [-0.39, 0.29) is 12.2 Å². The van der Waals surface area contributed by atoms with Crippen molar-refractivity contribution in [1.82, 2.24) is 0 Å². The molecule has 0 bridgehead atoms. The second-order valence-electron chi connectivity index (χ2n) is 4.85. The molecule has 1 fully saturated rings. The van der Waals surface area contributed by atoms with Crippen molar-refractivity contribution in [1.29, 1.82) is 0 Å². The predicted molar refractivity (Wildman–Crippen MR) is 63.8 cm³/mol. The molecule has 0 radical (unpaired) electrons. The summed E-state index contributed by atoms with van der Waals surface area (Å²) < 4.78 is 11.3. The van der Waals surface area contributed by atoms with Crippen LogP contribution in [0.1, 0.15) is 30.1 Å². The van der Waals surface area contributed by atoms with Gasteiger partial charge < -0.3 is 14.6 Å². The summed E-state index contributed by atoms with van der Waals surface area (Å²) in [6.45, 7) is 1.46. The molecule has 1 aliphatic carbocycles. The topological polar surface area (TPSA) is 38.7 Å². The summed E-state index contributed by atoms with van der Waals surface area (Å²) in [6, 6.07) is 8.02. The molecular weight excluding hydrogens is 216 g/mol. The summed E-state index contributed by atoms with van der Waals surface area (Å²) in [4.78, 5) is 0. The van der Waals surface area contributed by atoms with Crippen LogP contribution in [-0.2, 0) is 15.9 Å². The predicted octanol–water partition coefficient (Wildman–Crippen LogP) is 1.84. The van der Waals surface area contributed by atoms with E-state index in [4.69, 9.17) is 9.47 Å². The van der Waals surface area contributed by atoms with Crippen molar-refractivity contribution in [2.45, 2.75) is 37.6 Å². The summed E-state index contributed by atoms with van der Waals surface area (Å²) in [5, 5.41) is 10.1. The molecule has 92 valence electrons. The molecule has 0 aromatic heterocycles. The van der Waals surface area contributed by atoms with Gasteiger partial charge in [-0.3, -0.25) is 0 Å². The number of aliphatic hydroxyl groups excluding tert-OH is 1. The Morgan fingerprint density at radius 1 is 1.35 bits per heavy atom. The lowest BCUT2D eigenvalue weighted by Gasteiger charge is -2.18. The highest BCUT2D eigenvalue weighted by Gasteiger charge is 2.32. The van der Waals surface area contributed by atoms with E-state index in [1.165, 1.54) is 5.56 Å². The Bertz CT molecular complexity index is 385. The SMILES string of the molecule is OC1c2ccccc2CC1OCC1CCCO1. The summed E-state index contributed by atoms with van der Waals surface area (Å²) in [6.07, 6.45) is 2.66. The highest BCUT2D eigenvalue weighted by Crippen LogP contribution is 2.33. The molecule has 0 amide bonds. The molecular formula is C14H18O3. The molecule has 3 rings (SSSR count). The molecule has 1 aliphatic heterocycles. The monoisotopic (exact) mass is 234 g/mol. The van der Waals surface area contributed by atoms with Gasteiger partial charge in [-0.2, -0.15) is 0 Å². The first-order valence-electron chi connectivity index (χ1n) is 6.33. The minimum absolute atomic E-state index is 0.100. The van der Waals surface area contributed by atoms with Crippen LogP contribution in [0.5, 0.6) is 0 Å². The van der Waals surface area contributed by atoms with Gasteiger partial charge in [-0.15, -0.1) is 0 Å². The lowest BCUT2D eigenvalue weighted by molar-refractivity contribution is -0.0638. The Kier molecular flexibility index (Phi) is 3.14. The Morgan fingerprint density at radius 3 is 3.00 bits per heavy atom. The molecule has 3 nitrogen and oxygen atoms in total. The Labute approximate surface area is 101 Å². The molecule has 3 unspecified atom stereocenters. The van der Waals surface area contributed by atoms with E-state index in [9.17, 15) is 5.11 Å². The van der Waals surface area contributed by atoms with E-state index in [1.54, 1.807) is 0 Å². The van der Waals surface area contributed by atoms with Crippen molar-refractivity contribution in [2.24, 2.45) is 0 Å². The summed E-state index contributed by atoms with van der Waals surface area (Å²) in [7, 11) is 0. The first-order chi connectivity index (χ1) is 8.34. The van der Waals surface area contributed by atoms with Gasteiger partial charge in [0.2, 0.25) is 0 Å². The lowest BCUT2D eigenvalue weighted by atomic mass is 10.1. The zero-order valence-electron chi connectivity index (χ0n) is 9.84. The van der Waals surface area contributed by atoms with Crippen molar-refractivity contribution in [3.05, 3.63) is 35.4 Å². The summed E-state index contributed by atoms with van der Waals surface area (Å²) >= 11 is 0. The molecule has 1 N–H and O–H groups in total. The van der Waals surface area contributed by atoms with Crippen LogP contribution in [0.15, 0.2) is 24.3 Å². The lowest BCUT2D eigenvalue weighted by Crippen LogP contribution is -2.24. The molecule has 3 heteroatoms. The molecule has 1 aromatic carbocycles. The van der Waals surface area contributed by atoms with Crippen LogP contribution >= 0.6 is 0 Å². The number of rotatable bonds is 3. The minimum atomic E-state index is -0.479. The fourth-order valence-corrected chi connectivity index (χ4v) is 2.69. The third-order valence-electron chi connectivity index (χ3n) is 3.67. The van der Waals surface area contributed by atoms with Crippen molar-refractivity contribution in [3.8, 4) is 0 Å². The zero-order chi connectivity index (χ0) is 11.7. The fraction of sp³-hybridized carbons (Fsp3) is 0.571. The maximum absolute atomic E-state index is 10.1. The maximum atomic E-state index is 10.1. The van der Waals surface area contributed by atoms with Crippen LogP contribution in [-0.4, -0.2) is 30.5 Å². The number of ether oxygens (including phenoxy) is 2. The second-order valence-corrected chi connectivity index (χ2v) is 4.85. The molecule has 17 heavy (non-hydrogen) atoms. The number of benzene rings is 1. The van der Waals surface area contributed by atoms with E-state index in [0.29, 0.717) is 6.61 Å². The third-order valence-corrected chi connectivity index (χ3v) is 3.67. The molecule has 1 saturated heterocycles. The van der Waals surface area contributed by atoms with Gasteiger partial charge in [-0.1, -0.05) is 24.3 Å². The molecule has 1 aromatic rings. The highest BCUT2D eigenvalue weighted by molar-refractivity contribution is 5.35. The van der Waals surface area contributed by atoms with E-state index < -0.39 is 6.10 Å². The van der Waals surface area contributed by atoms with Gasteiger partial charge in [0.15, 0.2) is 0 Å². The molecule has 3 atom stereocenters. The molecule has 0 spiro atoms. The summed E-state index contributed by atoms with van der Waals surface area (Å²) in [5.41, 5.74) is 2.22. The number of hydrogen-bond donors (Lipinski definition) is 1. The first kappa shape index (κ1) is 11.2. The van der Waals surface area contributed by atoms with Crippen LogP contribution in [0.4, 0.5) is 0 Å². The fourth-order valence-electron chi connectivity index (χ4n) is 2.69. The highest BCUT2D eigenvalue weighted by atomic mass is 16.5. The molecule has 1 heterocycles. The van der Waals surface area contributed by atoms with Gasteiger partial charge in [-0.25, -0.2) is 0 Å².